The van der Waals surface area contributed by atoms with Gasteiger partial charge in [0, 0.05) is 37.9 Å². The monoisotopic (exact) mass is 360 g/mol. The minimum Gasteiger partial charge on any atom is -0.350 e. The number of hydrogen-bond acceptors (Lipinski definition) is 4. The zero-order valence-electron chi connectivity index (χ0n) is 15.6. The molecule has 5 heteroatoms. The average Bonchev–Trinajstić information content (AvgIpc) is 2.67. The fourth-order valence-corrected chi connectivity index (χ4v) is 3.05. The van der Waals surface area contributed by atoms with Crippen molar-refractivity contribution in [3.8, 4) is 0 Å². The first-order valence-electron chi connectivity index (χ1n) is 8.99. The Morgan fingerprint density at radius 2 is 1.67 bits per heavy atom. The van der Waals surface area contributed by atoms with Crippen LogP contribution in [-0.2, 0) is 17.9 Å². The number of carbonyl (C=O) groups excluding carboxylic acids is 1. The van der Waals surface area contributed by atoms with Gasteiger partial charge in [-0.25, -0.2) is 0 Å². The van der Waals surface area contributed by atoms with Gasteiger partial charge in [-0.2, -0.15) is 0 Å². The van der Waals surface area contributed by atoms with Gasteiger partial charge in [-0.1, -0.05) is 35.4 Å². The molecular weight excluding hydrogens is 336 g/mol. The third kappa shape index (κ3) is 5.46. The molecule has 0 aliphatic rings. The van der Waals surface area contributed by atoms with Crippen molar-refractivity contribution in [2.75, 3.05) is 0 Å². The zero-order valence-corrected chi connectivity index (χ0v) is 15.6. The van der Waals surface area contributed by atoms with Crippen molar-refractivity contribution in [3.05, 3.63) is 95.1 Å². The van der Waals surface area contributed by atoms with Crippen LogP contribution in [0.15, 0.2) is 67.3 Å². The number of carbonyl (C=O) groups is 1. The minimum absolute atomic E-state index is 0.0575. The van der Waals surface area contributed by atoms with E-state index in [2.05, 4.69) is 38.8 Å². The number of rotatable bonds is 7. The van der Waals surface area contributed by atoms with Gasteiger partial charge < -0.3 is 5.32 Å². The Kier molecular flexibility index (Phi) is 6.28. The number of aryl methyl sites for hydroxylation is 2. The Labute approximate surface area is 159 Å². The number of nitrogens with zero attached hydrogens (tertiary/aromatic N) is 2. The predicted octanol–water partition coefficient (Wildman–Crippen LogP) is 3.24. The van der Waals surface area contributed by atoms with Crippen molar-refractivity contribution in [3.63, 3.8) is 0 Å². The molecule has 2 heterocycles. The van der Waals surface area contributed by atoms with E-state index in [9.17, 15) is 4.79 Å². The van der Waals surface area contributed by atoms with Crippen molar-refractivity contribution in [2.24, 2.45) is 0 Å². The molecule has 0 aliphatic carbocycles. The predicted molar refractivity (Wildman–Crippen MR) is 106 cm³/mol. The second-order valence-electron chi connectivity index (χ2n) is 6.67. The van der Waals surface area contributed by atoms with E-state index in [4.69, 9.17) is 0 Å². The number of hydrogen-bond donors (Lipinski definition) is 2. The normalized spacial score (nSPS) is 11.8. The van der Waals surface area contributed by atoms with Gasteiger partial charge in [0.05, 0.1) is 0 Å². The Morgan fingerprint density at radius 3 is 2.33 bits per heavy atom. The maximum Gasteiger partial charge on any atom is 0.242 e. The summed E-state index contributed by atoms with van der Waals surface area (Å²) in [5.41, 5.74) is 5.30. The Bertz CT molecular complexity index is 861. The van der Waals surface area contributed by atoms with Gasteiger partial charge in [-0.15, -0.1) is 0 Å². The lowest BCUT2D eigenvalue weighted by Crippen LogP contribution is -2.37. The molecule has 2 N–H and O–H groups in total. The van der Waals surface area contributed by atoms with Gasteiger partial charge in [0.25, 0.3) is 0 Å². The molecule has 2 aromatic heterocycles. The van der Waals surface area contributed by atoms with E-state index in [-0.39, 0.29) is 5.91 Å². The van der Waals surface area contributed by atoms with E-state index >= 15 is 0 Å². The van der Waals surface area contributed by atoms with Crippen molar-refractivity contribution in [2.45, 2.75) is 33.0 Å². The molecule has 1 aromatic carbocycles. The fraction of sp³-hybridized carbons (Fsp3) is 0.227. The highest BCUT2D eigenvalue weighted by atomic mass is 16.2. The summed E-state index contributed by atoms with van der Waals surface area (Å²) in [5.74, 6) is -0.0575. The molecule has 0 bridgehead atoms. The highest BCUT2D eigenvalue weighted by Gasteiger charge is 2.20. The average molecular weight is 360 g/mol. The Morgan fingerprint density at radius 1 is 0.926 bits per heavy atom. The zero-order chi connectivity index (χ0) is 19.1. The molecule has 0 radical (unpaired) electrons. The van der Waals surface area contributed by atoms with Gasteiger partial charge in [-0.05, 0) is 48.7 Å². The number of amides is 1. The van der Waals surface area contributed by atoms with Crippen LogP contribution in [0.4, 0.5) is 0 Å². The molecule has 3 aromatic rings. The molecule has 138 valence electrons. The van der Waals surface area contributed by atoms with Gasteiger partial charge in [0.2, 0.25) is 5.91 Å². The summed E-state index contributed by atoms with van der Waals surface area (Å²) in [6, 6.07) is 13.5. The molecule has 1 unspecified atom stereocenters. The third-order valence-electron chi connectivity index (χ3n) is 4.29. The molecule has 27 heavy (non-hydrogen) atoms. The summed E-state index contributed by atoms with van der Waals surface area (Å²) in [6.07, 6.45) is 6.99. The van der Waals surface area contributed by atoms with E-state index in [0.29, 0.717) is 13.1 Å². The Hall–Kier alpha value is -3.05. The lowest BCUT2D eigenvalue weighted by Gasteiger charge is -2.20. The van der Waals surface area contributed by atoms with Crippen molar-refractivity contribution in [1.29, 1.82) is 0 Å². The van der Waals surface area contributed by atoms with E-state index in [1.54, 1.807) is 24.8 Å². The first-order valence-corrected chi connectivity index (χ1v) is 8.99. The van der Waals surface area contributed by atoms with Gasteiger partial charge >= 0.3 is 0 Å². The summed E-state index contributed by atoms with van der Waals surface area (Å²) in [4.78, 5) is 21.1. The molecule has 1 atom stereocenters. The van der Waals surface area contributed by atoms with Crippen LogP contribution in [-0.4, -0.2) is 15.9 Å². The minimum atomic E-state index is -0.437. The lowest BCUT2D eigenvalue weighted by atomic mass is 10.00. The standard InChI is InChI=1S/C22H24N4O/c1-16-10-17(2)12-20(11-16)21(25-14-18-5-8-23-9-6-18)22(27)26-15-19-4-3-7-24-13-19/h3-13,21,25H,14-15H2,1-2H3,(H,26,27). The molecule has 0 aliphatic heterocycles. The smallest absolute Gasteiger partial charge is 0.242 e. The van der Waals surface area contributed by atoms with Crippen LogP contribution in [0.5, 0.6) is 0 Å². The molecule has 5 nitrogen and oxygen atoms in total. The van der Waals surface area contributed by atoms with Crippen LogP contribution >= 0.6 is 0 Å². The topological polar surface area (TPSA) is 66.9 Å². The maximum atomic E-state index is 13.0. The van der Waals surface area contributed by atoms with Crippen molar-refractivity contribution in [1.82, 2.24) is 20.6 Å². The lowest BCUT2D eigenvalue weighted by molar-refractivity contribution is -0.123. The van der Waals surface area contributed by atoms with E-state index < -0.39 is 6.04 Å². The SMILES string of the molecule is Cc1cc(C)cc(C(NCc2ccncc2)C(=O)NCc2cccnc2)c1. The van der Waals surface area contributed by atoms with Gasteiger partial charge in [-0.3, -0.25) is 20.1 Å². The number of pyridine rings is 2. The summed E-state index contributed by atoms with van der Waals surface area (Å²) >= 11 is 0. The summed E-state index contributed by atoms with van der Waals surface area (Å²) in [5, 5.41) is 6.41. The fourth-order valence-electron chi connectivity index (χ4n) is 3.05. The van der Waals surface area contributed by atoms with Crippen LogP contribution in [0.2, 0.25) is 0 Å². The molecule has 3 rings (SSSR count). The second-order valence-corrected chi connectivity index (χ2v) is 6.67. The van der Waals surface area contributed by atoms with Gasteiger partial charge in [0.1, 0.15) is 6.04 Å². The molecule has 0 saturated carbocycles. The maximum absolute atomic E-state index is 13.0. The van der Waals surface area contributed by atoms with Crippen molar-refractivity contribution >= 4 is 5.91 Å². The highest BCUT2D eigenvalue weighted by molar-refractivity contribution is 5.83. The highest BCUT2D eigenvalue weighted by Crippen LogP contribution is 2.18. The molecule has 0 saturated heterocycles. The first-order chi connectivity index (χ1) is 13.1. The number of nitrogens with one attached hydrogen (secondary N) is 2. The largest absolute Gasteiger partial charge is 0.350 e. The van der Waals surface area contributed by atoms with E-state index in [0.717, 1.165) is 27.8 Å². The van der Waals surface area contributed by atoms with Crippen LogP contribution in [0.25, 0.3) is 0 Å². The quantitative estimate of drug-likeness (QED) is 0.679. The Balaban J connectivity index is 1.76. The van der Waals surface area contributed by atoms with Gasteiger partial charge in [0.15, 0.2) is 0 Å². The second kappa shape index (κ2) is 9.05. The summed E-state index contributed by atoms with van der Waals surface area (Å²) in [6.45, 7) is 5.12. The van der Waals surface area contributed by atoms with Crippen LogP contribution in [0.1, 0.15) is 33.9 Å². The van der Waals surface area contributed by atoms with E-state index in [1.165, 1.54) is 0 Å². The van der Waals surface area contributed by atoms with Crippen LogP contribution in [0.3, 0.4) is 0 Å². The molecule has 1 amide bonds. The first kappa shape index (κ1) is 18.7. The van der Waals surface area contributed by atoms with E-state index in [1.807, 2.05) is 38.1 Å². The van der Waals surface area contributed by atoms with Crippen molar-refractivity contribution < 1.29 is 4.79 Å². The molecule has 0 fully saturated rings. The summed E-state index contributed by atoms with van der Waals surface area (Å²) in [7, 11) is 0. The molecule has 0 spiro atoms. The number of aromatic nitrogens is 2. The van der Waals surface area contributed by atoms with Crippen LogP contribution in [0, 0.1) is 13.8 Å². The molecular formula is C22H24N4O. The van der Waals surface area contributed by atoms with Crippen LogP contribution < -0.4 is 10.6 Å². The number of benzene rings is 1. The third-order valence-corrected chi connectivity index (χ3v) is 4.29. The summed E-state index contributed by atoms with van der Waals surface area (Å²) < 4.78 is 0.